The van der Waals surface area contributed by atoms with Gasteiger partial charge in [0.2, 0.25) is 10.0 Å². The highest BCUT2D eigenvalue weighted by Crippen LogP contribution is 2.18. The van der Waals surface area contributed by atoms with E-state index in [1.807, 2.05) is 5.38 Å². The lowest BCUT2D eigenvalue weighted by Gasteiger charge is -2.33. The Morgan fingerprint density at radius 2 is 1.81 bits per heavy atom. The van der Waals surface area contributed by atoms with Crippen LogP contribution in [-0.2, 0) is 16.6 Å². The van der Waals surface area contributed by atoms with Crippen molar-refractivity contribution in [2.45, 2.75) is 11.4 Å². The first kappa shape index (κ1) is 18.2. The van der Waals surface area contributed by atoms with E-state index in [2.05, 4.69) is 9.88 Å². The third-order valence-electron chi connectivity index (χ3n) is 4.52. The average Bonchev–Trinajstić information content (AvgIpc) is 3.12. The molecule has 2 aromatic heterocycles. The topological polar surface area (TPSA) is 75.0 Å². The van der Waals surface area contributed by atoms with E-state index in [1.165, 1.54) is 38.2 Å². The van der Waals surface area contributed by atoms with Gasteiger partial charge in [0.1, 0.15) is 5.82 Å². The van der Waals surface area contributed by atoms with Crippen molar-refractivity contribution in [3.8, 4) is 0 Å². The summed E-state index contributed by atoms with van der Waals surface area (Å²) in [6, 6.07) is 6.37. The van der Waals surface area contributed by atoms with Gasteiger partial charge in [0.25, 0.3) is 5.56 Å². The summed E-state index contributed by atoms with van der Waals surface area (Å²) in [6.07, 6.45) is 1.69. The van der Waals surface area contributed by atoms with Crippen LogP contribution in [0.4, 0.5) is 4.39 Å². The normalized spacial score (nSPS) is 16.8. The Bertz CT molecular complexity index is 1120. The maximum atomic E-state index is 13.0. The molecule has 0 unspecified atom stereocenters. The van der Waals surface area contributed by atoms with Gasteiger partial charge in [-0.2, -0.15) is 4.31 Å². The molecule has 0 amide bonds. The summed E-state index contributed by atoms with van der Waals surface area (Å²) in [5.74, 6) is -0.468. The molecule has 1 aliphatic rings. The van der Waals surface area contributed by atoms with Gasteiger partial charge >= 0.3 is 0 Å². The lowest BCUT2D eigenvalue weighted by molar-refractivity contribution is 0.180. The van der Waals surface area contributed by atoms with Gasteiger partial charge in [0.05, 0.1) is 10.6 Å². The van der Waals surface area contributed by atoms with Gasteiger partial charge in [-0.15, -0.1) is 11.3 Å². The number of rotatable bonds is 4. The van der Waals surface area contributed by atoms with Crippen LogP contribution in [0.15, 0.2) is 51.6 Å². The molecule has 1 aliphatic heterocycles. The Kier molecular flexibility index (Phi) is 4.81. The minimum atomic E-state index is -3.63. The van der Waals surface area contributed by atoms with Crippen LogP contribution in [0.1, 0.15) is 5.69 Å². The number of halogens is 1. The van der Waals surface area contributed by atoms with E-state index in [1.54, 1.807) is 6.20 Å². The molecular formula is C17H17FN4O3S2. The zero-order chi connectivity index (χ0) is 19.0. The van der Waals surface area contributed by atoms with E-state index in [9.17, 15) is 17.6 Å². The quantitative estimate of drug-likeness (QED) is 0.652. The Morgan fingerprint density at radius 1 is 1.11 bits per heavy atom. The van der Waals surface area contributed by atoms with E-state index in [0.29, 0.717) is 43.4 Å². The maximum Gasteiger partial charge on any atom is 0.258 e. The van der Waals surface area contributed by atoms with Crippen molar-refractivity contribution in [2.24, 2.45) is 0 Å². The predicted octanol–water partition coefficient (Wildman–Crippen LogP) is 1.40. The van der Waals surface area contributed by atoms with Gasteiger partial charge < -0.3 is 0 Å². The highest BCUT2D eigenvalue weighted by Gasteiger charge is 2.28. The van der Waals surface area contributed by atoms with E-state index < -0.39 is 15.8 Å². The molecule has 0 N–H and O–H groups in total. The van der Waals surface area contributed by atoms with Crippen LogP contribution in [0.3, 0.4) is 0 Å². The van der Waals surface area contributed by atoms with Crippen molar-refractivity contribution in [3.63, 3.8) is 0 Å². The van der Waals surface area contributed by atoms with Crippen molar-refractivity contribution >= 4 is 26.3 Å². The van der Waals surface area contributed by atoms with E-state index in [0.717, 1.165) is 12.1 Å². The average molecular weight is 408 g/mol. The minimum absolute atomic E-state index is 0.0928. The first-order valence-corrected chi connectivity index (χ1v) is 10.7. The second-order valence-electron chi connectivity index (χ2n) is 6.28. The Hall–Kier alpha value is -2.14. The molecule has 1 aromatic carbocycles. The van der Waals surface area contributed by atoms with Crippen LogP contribution in [0.2, 0.25) is 0 Å². The van der Waals surface area contributed by atoms with Gasteiger partial charge in [-0.05, 0) is 24.3 Å². The number of hydrogen-bond donors (Lipinski definition) is 0. The largest absolute Gasteiger partial charge is 0.295 e. The van der Waals surface area contributed by atoms with Crippen LogP contribution in [-0.4, -0.2) is 53.2 Å². The molecule has 0 aliphatic carbocycles. The summed E-state index contributed by atoms with van der Waals surface area (Å²) in [7, 11) is -3.63. The summed E-state index contributed by atoms with van der Waals surface area (Å²) in [6.45, 7) is 2.23. The zero-order valence-corrected chi connectivity index (χ0v) is 15.9. The van der Waals surface area contributed by atoms with Gasteiger partial charge in [-0.3, -0.25) is 14.1 Å². The second-order valence-corrected chi connectivity index (χ2v) is 9.09. The molecule has 0 spiro atoms. The van der Waals surface area contributed by atoms with Crippen LogP contribution >= 0.6 is 11.3 Å². The van der Waals surface area contributed by atoms with E-state index in [-0.39, 0.29) is 10.5 Å². The fourth-order valence-corrected chi connectivity index (χ4v) is 5.24. The molecule has 4 rings (SSSR count). The van der Waals surface area contributed by atoms with Crippen LogP contribution in [0.5, 0.6) is 0 Å². The fraction of sp³-hybridized carbons (Fsp3) is 0.294. The highest BCUT2D eigenvalue weighted by atomic mass is 32.2. The molecule has 1 fully saturated rings. The van der Waals surface area contributed by atoms with Crippen molar-refractivity contribution < 1.29 is 12.8 Å². The smallest absolute Gasteiger partial charge is 0.258 e. The van der Waals surface area contributed by atoms with Crippen LogP contribution in [0.25, 0.3) is 4.96 Å². The molecular weight excluding hydrogens is 391 g/mol. The third-order valence-corrected chi connectivity index (χ3v) is 7.19. The Balaban J connectivity index is 1.43. The molecule has 142 valence electrons. The number of thiazole rings is 1. The number of benzene rings is 1. The lowest BCUT2D eigenvalue weighted by atomic mass is 10.3. The van der Waals surface area contributed by atoms with Crippen molar-refractivity contribution in [1.29, 1.82) is 0 Å². The van der Waals surface area contributed by atoms with Crippen molar-refractivity contribution in [1.82, 2.24) is 18.6 Å². The van der Waals surface area contributed by atoms with Crippen molar-refractivity contribution in [2.75, 3.05) is 26.2 Å². The molecule has 3 heterocycles. The molecule has 10 heteroatoms. The van der Waals surface area contributed by atoms with E-state index >= 15 is 0 Å². The second kappa shape index (κ2) is 7.12. The zero-order valence-electron chi connectivity index (χ0n) is 14.3. The van der Waals surface area contributed by atoms with Gasteiger partial charge in [0.15, 0.2) is 4.96 Å². The number of piperazine rings is 1. The number of hydrogen-bond acceptors (Lipinski definition) is 6. The van der Waals surface area contributed by atoms with Crippen molar-refractivity contribution in [3.05, 3.63) is 63.8 Å². The summed E-state index contributed by atoms with van der Waals surface area (Å²) in [5.41, 5.74) is 0.561. The van der Waals surface area contributed by atoms with Gasteiger partial charge in [-0.25, -0.2) is 17.8 Å². The number of sulfonamides is 1. The maximum absolute atomic E-state index is 13.0. The molecule has 3 aromatic rings. The molecule has 0 radical (unpaired) electrons. The molecule has 0 saturated carbocycles. The molecule has 0 atom stereocenters. The first-order chi connectivity index (χ1) is 12.9. The summed E-state index contributed by atoms with van der Waals surface area (Å²) in [4.78, 5) is 19.4. The number of aromatic nitrogens is 2. The lowest BCUT2D eigenvalue weighted by Crippen LogP contribution is -2.48. The summed E-state index contributed by atoms with van der Waals surface area (Å²) in [5, 5.41) is 1.81. The van der Waals surface area contributed by atoms with Gasteiger partial charge in [0, 0.05) is 50.4 Å². The minimum Gasteiger partial charge on any atom is -0.295 e. The highest BCUT2D eigenvalue weighted by molar-refractivity contribution is 7.89. The fourth-order valence-electron chi connectivity index (χ4n) is 3.08. The Morgan fingerprint density at radius 3 is 2.52 bits per heavy atom. The molecule has 0 bridgehead atoms. The predicted molar refractivity (Wildman–Crippen MR) is 99.8 cm³/mol. The summed E-state index contributed by atoms with van der Waals surface area (Å²) >= 11 is 1.40. The van der Waals surface area contributed by atoms with Crippen LogP contribution < -0.4 is 5.56 Å². The SMILES string of the molecule is O=c1cc(CN2CCN(S(=O)(=O)c3ccc(F)cc3)CC2)nc2sccn12. The van der Waals surface area contributed by atoms with Crippen LogP contribution in [0, 0.1) is 5.82 Å². The summed E-state index contributed by atoms with van der Waals surface area (Å²) < 4.78 is 41.3. The monoisotopic (exact) mass is 408 g/mol. The molecule has 27 heavy (non-hydrogen) atoms. The van der Waals surface area contributed by atoms with Gasteiger partial charge in [-0.1, -0.05) is 0 Å². The third kappa shape index (κ3) is 3.65. The number of fused-ring (bicyclic) bond motifs is 1. The number of nitrogens with zero attached hydrogens (tertiary/aromatic N) is 4. The Labute approximate surface area is 159 Å². The molecule has 7 nitrogen and oxygen atoms in total. The molecule has 1 saturated heterocycles. The first-order valence-electron chi connectivity index (χ1n) is 8.37. The van der Waals surface area contributed by atoms with E-state index in [4.69, 9.17) is 0 Å². The standard InChI is InChI=1S/C17H17FN4O3S2/c18-13-1-3-15(4-2-13)27(24,25)21-7-5-20(6-8-21)12-14-11-16(23)22-9-10-26-17(22)19-14/h1-4,9-11H,5-8,12H2.